The molecular weight excluding hydrogens is 450 g/mol. The number of hydrogen-bond donors (Lipinski definition) is 2. The molecule has 0 radical (unpaired) electrons. The van der Waals surface area contributed by atoms with Crippen LogP contribution in [0.1, 0.15) is 61.4 Å². The number of nitrogens with one attached hydrogen (secondary N) is 1. The number of imidazole rings is 1. The molecule has 0 amide bonds. The molecule has 2 aromatic heterocycles. The van der Waals surface area contributed by atoms with Gasteiger partial charge in [0.2, 0.25) is 10.0 Å². The lowest BCUT2D eigenvalue weighted by molar-refractivity contribution is 0.343. The lowest BCUT2D eigenvalue weighted by atomic mass is 9.98. The highest BCUT2D eigenvalue weighted by molar-refractivity contribution is 7.89. The average Bonchev–Trinajstić information content (AvgIpc) is 3.19. The molecule has 1 aliphatic carbocycles. The summed E-state index contributed by atoms with van der Waals surface area (Å²) in [4.78, 5) is 11.9. The molecule has 2 heterocycles. The first-order chi connectivity index (χ1) is 15.3. The third kappa shape index (κ3) is 4.98. The van der Waals surface area contributed by atoms with E-state index in [4.69, 9.17) is 5.73 Å². The summed E-state index contributed by atoms with van der Waals surface area (Å²) >= 11 is 0. The predicted octanol–water partition coefficient (Wildman–Crippen LogP) is 3.12. The standard InChI is InChI=1S/C22H28F2N6O2S/c1-12-9-13-5-6-16(23)15(13)10-14(12)11-17-26-18-19(25)27-21(24)28-20(18)30(17)7-8-33(31,32)29-22(2,3)4/h9-10,16,29H,5-8,11H2,1-4H3,(H2,25,27,28). The Bertz CT molecular complexity index is 1330. The summed E-state index contributed by atoms with van der Waals surface area (Å²) in [6.07, 6.45) is -0.545. The molecule has 0 spiro atoms. The van der Waals surface area contributed by atoms with E-state index in [0.29, 0.717) is 24.2 Å². The lowest BCUT2D eigenvalue weighted by Crippen LogP contribution is -2.42. The Morgan fingerprint density at radius 1 is 1.24 bits per heavy atom. The van der Waals surface area contributed by atoms with Gasteiger partial charge in [0.15, 0.2) is 17.0 Å². The summed E-state index contributed by atoms with van der Waals surface area (Å²) in [6, 6.07) is 3.84. The molecule has 178 valence electrons. The van der Waals surface area contributed by atoms with Crippen LogP contribution >= 0.6 is 0 Å². The van der Waals surface area contributed by atoms with Crippen molar-refractivity contribution < 1.29 is 17.2 Å². The van der Waals surface area contributed by atoms with Crippen molar-refractivity contribution in [2.45, 2.75) is 65.2 Å². The van der Waals surface area contributed by atoms with Crippen molar-refractivity contribution in [1.82, 2.24) is 24.2 Å². The third-order valence-electron chi connectivity index (χ3n) is 5.67. The van der Waals surface area contributed by atoms with Crippen LogP contribution < -0.4 is 10.5 Å². The summed E-state index contributed by atoms with van der Waals surface area (Å²) < 4.78 is 57.6. The number of rotatable bonds is 6. The molecule has 0 aliphatic heterocycles. The van der Waals surface area contributed by atoms with Crippen LogP contribution in [0, 0.1) is 13.0 Å². The van der Waals surface area contributed by atoms with Gasteiger partial charge in [0, 0.05) is 18.5 Å². The Kier molecular flexibility index (Phi) is 5.90. The topological polar surface area (TPSA) is 116 Å². The van der Waals surface area contributed by atoms with E-state index in [2.05, 4.69) is 19.7 Å². The summed E-state index contributed by atoms with van der Waals surface area (Å²) in [6.45, 7) is 7.19. The van der Waals surface area contributed by atoms with Gasteiger partial charge in [-0.15, -0.1) is 0 Å². The van der Waals surface area contributed by atoms with E-state index < -0.39 is 27.8 Å². The summed E-state index contributed by atoms with van der Waals surface area (Å²) in [7, 11) is -3.63. The molecule has 0 saturated carbocycles. The molecule has 8 nitrogen and oxygen atoms in total. The van der Waals surface area contributed by atoms with Crippen molar-refractivity contribution in [2.24, 2.45) is 0 Å². The van der Waals surface area contributed by atoms with Gasteiger partial charge >= 0.3 is 6.08 Å². The van der Waals surface area contributed by atoms with Gasteiger partial charge in [0.05, 0.1) is 5.75 Å². The summed E-state index contributed by atoms with van der Waals surface area (Å²) in [5.41, 5.74) is 9.10. The molecule has 0 bridgehead atoms. The van der Waals surface area contributed by atoms with Gasteiger partial charge in [-0.25, -0.2) is 22.5 Å². The minimum Gasteiger partial charge on any atom is -0.382 e. The molecule has 0 fully saturated rings. The summed E-state index contributed by atoms with van der Waals surface area (Å²) in [5.74, 6) is 0.0750. The Morgan fingerprint density at radius 2 is 1.97 bits per heavy atom. The van der Waals surface area contributed by atoms with Crippen LogP contribution in [0.25, 0.3) is 11.2 Å². The van der Waals surface area contributed by atoms with E-state index in [1.165, 1.54) is 0 Å². The normalized spacial score (nSPS) is 16.5. The van der Waals surface area contributed by atoms with Gasteiger partial charge in [0.1, 0.15) is 12.0 Å². The fourth-order valence-electron chi connectivity index (χ4n) is 4.28. The van der Waals surface area contributed by atoms with Crippen LogP contribution in [0.3, 0.4) is 0 Å². The first-order valence-electron chi connectivity index (χ1n) is 10.8. The number of benzene rings is 1. The highest BCUT2D eigenvalue weighted by Crippen LogP contribution is 2.36. The molecule has 4 rings (SSSR count). The molecule has 11 heteroatoms. The van der Waals surface area contributed by atoms with Crippen LogP contribution in [-0.2, 0) is 29.4 Å². The van der Waals surface area contributed by atoms with E-state index in [9.17, 15) is 17.2 Å². The second-order valence-corrected chi connectivity index (χ2v) is 11.4. The maximum atomic E-state index is 14.3. The van der Waals surface area contributed by atoms with Crippen molar-refractivity contribution in [1.29, 1.82) is 0 Å². The van der Waals surface area contributed by atoms with E-state index >= 15 is 0 Å². The first-order valence-corrected chi connectivity index (χ1v) is 12.4. The van der Waals surface area contributed by atoms with Gasteiger partial charge in [-0.1, -0.05) is 12.1 Å². The Balaban J connectivity index is 1.74. The number of nitrogen functional groups attached to an aromatic ring is 1. The molecule has 0 saturated heterocycles. The van der Waals surface area contributed by atoms with E-state index in [1.54, 1.807) is 25.3 Å². The van der Waals surface area contributed by atoms with E-state index in [-0.39, 0.29) is 35.7 Å². The molecule has 1 aromatic carbocycles. The second-order valence-electron chi connectivity index (χ2n) is 9.56. The van der Waals surface area contributed by atoms with Gasteiger partial charge in [0.25, 0.3) is 0 Å². The SMILES string of the molecule is Cc1cc2c(cc1Cc1nc3c(N)nc(F)nc3n1CCS(=O)(=O)NC(C)(C)C)C(F)CC2. The highest BCUT2D eigenvalue weighted by Gasteiger charge is 2.25. The largest absolute Gasteiger partial charge is 0.382 e. The van der Waals surface area contributed by atoms with Gasteiger partial charge in [-0.05, 0) is 62.8 Å². The number of fused-ring (bicyclic) bond motifs is 2. The van der Waals surface area contributed by atoms with Crippen molar-refractivity contribution in [2.75, 3.05) is 11.5 Å². The van der Waals surface area contributed by atoms with Crippen molar-refractivity contribution in [3.05, 3.63) is 46.3 Å². The van der Waals surface area contributed by atoms with Gasteiger partial charge in [-0.3, -0.25) is 0 Å². The zero-order valence-electron chi connectivity index (χ0n) is 19.1. The number of hydrogen-bond acceptors (Lipinski definition) is 6. The van der Waals surface area contributed by atoms with Crippen LogP contribution in [0.4, 0.5) is 14.6 Å². The second kappa shape index (κ2) is 8.28. The van der Waals surface area contributed by atoms with Crippen molar-refractivity contribution in [3.63, 3.8) is 0 Å². The number of halogens is 2. The molecule has 1 aliphatic rings. The van der Waals surface area contributed by atoms with E-state index in [0.717, 1.165) is 16.7 Å². The quantitative estimate of drug-likeness (QED) is 0.526. The number of nitrogens with two attached hydrogens (primary N) is 1. The van der Waals surface area contributed by atoms with Crippen LogP contribution in [0.5, 0.6) is 0 Å². The zero-order valence-corrected chi connectivity index (χ0v) is 19.9. The number of alkyl halides is 1. The van der Waals surface area contributed by atoms with Gasteiger partial charge < -0.3 is 10.3 Å². The third-order valence-corrected chi connectivity index (χ3v) is 7.31. The first kappa shape index (κ1) is 23.5. The molecular formula is C22H28F2N6O2S. The number of aryl methyl sites for hydroxylation is 3. The number of nitrogens with zero attached hydrogens (tertiary/aromatic N) is 4. The molecule has 3 N–H and O–H groups in total. The predicted molar refractivity (Wildman–Crippen MR) is 123 cm³/mol. The summed E-state index contributed by atoms with van der Waals surface area (Å²) in [5, 5.41) is 0. The zero-order chi connectivity index (χ0) is 24.1. The van der Waals surface area contributed by atoms with Crippen LogP contribution in [-0.4, -0.2) is 39.2 Å². The fraction of sp³-hybridized carbons (Fsp3) is 0.500. The highest BCUT2D eigenvalue weighted by atomic mass is 32.2. The van der Waals surface area contributed by atoms with Crippen LogP contribution in [0.15, 0.2) is 12.1 Å². The molecule has 1 atom stereocenters. The van der Waals surface area contributed by atoms with Crippen LogP contribution in [0.2, 0.25) is 0 Å². The molecule has 3 aromatic rings. The molecule has 1 unspecified atom stereocenters. The van der Waals surface area contributed by atoms with Crippen molar-refractivity contribution in [3.8, 4) is 0 Å². The number of anilines is 1. The Hall–Kier alpha value is -2.66. The van der Waals surface area contributed by atoms with Gasteiger partial charge in [-0.2, -0.15) is 14.4 Å². The monoisotopic (exact) mass is 478 g/mol. The minimum absolute atomic E-state index is 0.0110. The fourth-order valence-corrected chi connectivity index (χ4v) is 5.73. The number of aromatic nitrogens is 4. The smallest absolute Gasteiger partial charge is 0.312 e. The Labute approximate surface area is 191 Å². The average molecular weight is 479 g/mol. The Morgan fingerprint density at radius 3 is 2.67 bits per heavy atom. The maximum absolute atomic E-state index is 14.3. The van der Waals surface area contributed by atoms with Crippen molar-refractivity contribution >= 4 is 27.0 Å². The number of sulfonamides is 1. The lowest BCUT2D eigenvalue weighted by Gasteiger charge is -2.20. The maximum Gasteiger partial charge on any atom is 0.312 e. The minimum atomic E-state index is -3.63. The van der Waals surface area contributed by atoms with E-state index in [1.807, 2.05) is 19.1 Å². The molecule has 33 heavy (non-hydrogen) atoms.